The fourth-order valence-corrected chi connectivity index (χ4v) is 7.97. The lowest BCUT2D eigenvalue weighted by Crippen LogP contribution is -2.44. The van der Waals surface area contributed by atoms with Crippen LogP contribution in [0.1, 0.15) is 43.7 Å². The van der Waals surface area contributed by atoms with Gasteiger partial charge in [-0.3, -0.25) is 9.78 Å². The third-order valence-electron chi connectivity index (χ3n) is 8.24. The minimum absolute atomic E-state index is 0.0515. The minimum atomic E-state index is -3.00. The van der Waals surface area contributed by atoms with Gasteiger partial charge in [-0.2, -0.15) is 5.26 Å². The standard InChI is InChI=1S/C29H29F2N5O3S2/c30-19-3-7-22(23(15-19)27(37)35-29(17-32)9-10-29)25-26(40-28(34-25)24-8-4-20(31)16-33-24)18-1-5-21(6-2-18)36-11-13-41(38,39)14-12-36/h1-2,4-6,8,16,19,22-23H,3,7,9-15H2,(H,35,37). The lowest BCUT2D eigenvalue weighted by molar-refractivity contribution is -0.128. The van der Waals surface area contributed by atoms with Gasteiger partial charge in [-0.05, 0) is 61.9 Å². The molecule has 3 aliphatic rings. The number of rotatable bonds is 6. The first-order valence-corrected chi connectivity index (χ1v) is 16.3. The van der Waals surface area contributed by atoms with E-state index in [0.717, 1.165) is 22.3 Å². The van der Waals surface area contributed by atoms with Crippen molar-refractivity contribution in [1.29, 1.82) is 5.26 Å². The molecular weight excluding hydrogens is 568 g/mol. The molecule has 6 rings (SSSR count). The Bertz CT molecular complexity index is 1580. The van der Waals surface area contributed by atoms with Gasteiger partial charge in [-0.15, -0.1) is 11.3 Å². The predicted octanol–water partition coefficient (Wildman–Crippen LogP) is 4.64. The summed E-state index contributed by atoms with van der Waals surface area (Å²) < 4.78 is 52.0. The average Bonchev–Trinajstić information content (AvgIpc) is 3.60. The molecule has 0 spiro atoms. The van der Waals surface area contributed by atoms with Gasteiger partial charge in [0.25, 0.3) is 0 Å². The highest BCUT2D eigenvalue weighted by Crippen LogP contribution is 2.47. The highest BCUT2D eigenvalue weighted by Gasteiger charge is 2.48. The van der Waals surface area contributed by atoms with Gasteiger partial charge in [-0.1, -0.05) is 12.1 Å². The number of hydrogen-bond acceptors (Lipinski definition) is 8. The zero-order valence-electron chi connectivity index (χ0n) is 22.2. The number of anilines is 1. The first-order valence-electron chi connectivity index (χ1n) is 13.7. The normalized spacial score (nSPS) is 24.8. The lowest BCUT2D eigenvalue weighted by atomic mass is 9.75. The summed E-state index contributed by atoms with van der Waals surface area (Å²) in [5.74, 6) is -1.60. The smallest absolute Gasteiger partial charge is 0.225 e. The molecule has 12 heteroatoms. The Kier molecular flexibility index (Phi) is 7.28. The van der Waals surface area contributed by atoms with E-state index in [-0.39, 0.29) is 29.8 Å². The second-order valence-corrected chi connectivity index (χ2v) is 14.4. The van der Waals surface area contributed by atoms with E-state index in [2.05, 4.69) is 16.4 Å². The first kappa shape index (κ1) is 27.7. The second-order valence-electron chi connectivity index (χ2n) is 11.1. The fraction of sp³-hybridized carbons (Fsp3) is 0.448. The van der Waals surface area contributed by atoms with Crippen molar-refractivity contribution in [2.45, 2.75) is 49.7 Å². The molecule has 0 radical (unpaired) electrons. The summed E-state index contributed by atoms with van der Waals surface area (Å²) in [4.78, 5) is 25.4. The summed E-state index contributed by atoms with van der Waals surface area (Å²) >= 11 is 1.38. The number of carbonyl (C=O) groups is 1. The lowest BCUT2D eigenvalue weighted by Gasteiger charge is -2.32. The molecule has 3 atom stereocenters. The topological polar surface area (TPSA) is 116 Å². The molecular formula is C29H29F2N5O3S2. The highest BCUT2D eigenvalue weighted by atomic mass is 32.2. The number of sulfone groups is 1. The van der Waals surface area contributed by atoms with Crippen LogP contribution in [0, 0.1) is 23.1 Å². The number of benzene rings is 1. The quantitative estimate of drug-likeness (QED) is 0.440. The van der Waals surface area contributed by atoms with Crippen molar-refractivity contribution >= 4 is 32.8 Å². The van der Waals surface area contributed by atoms with Crippen molar-refractivity contribution in [2.24, 2.45) is 5.92 Å². The fourth-order valence-electron chi connectivity index (χ4n) is 5.65. The summed E-state index contributed by atoms with van der Waals surface area (Å²) in [5.41, 5.74) is 2.08. The Hall–Kier alpha value is -3.43. The number of pyridine rings is 1. The maximum Gasteiger partial charge on any atom is 0.225 e. The van der Waals surface area contributed by atoms with Crippen molar-refractivity contribution < 1.29 is 22.0 Å². The van der Waals surface area contributed by atoms with Gasteiger partial charge in [0.1, 0.15) is 22.5 Å². The van der Waals surface area contributed by atoms with E-state index < -0.39 is 33.3 Å². The van der Waals surface area contributed by atoms with E-state index in [4.69, 9.17) is 4.98 Å². The molecule has 3 heterocycles. The Morgan fingerprint density at radius 3 is 2.49 bits per heavy atom. The van der Waals surface area contributed by atoms with E-state index in [9.17, 15) is 27.3 Å². The van der Waals surface area contributed by atoms with Crippen LogP contribution < -0.4 is 10.2 Å². The van der Waals surface area contributed by atoms with E-state index in [1.54, 1.807) is 6.07 Å². The number of nitriles is 1. The molecule has 3 unspecified atom stereocenters. The molecule has 41 heavy (non-hydrogen) atoms. The Morgan fingerprint density at radius 2 is 1.85 bits per heavy atom. The Balaban J connectivity index is 1.36. The predicted molar refractivity (Wildman–Crippen MR) is 152 cm³/mol. The first-order chi connectivity index (χ1) is 19.7. The third-order valence-corrected chi connectivity index (χ3v) is 11.0. The van der Waals surface area contributed by atoms with Crippen LogP contribution in [-0.4, -0.2) is 60.6 Å². The van der Waals surface area contributed by atoms with Gasteiger partial charge >= 0.3 is 0 Å². The maximum atomic E-state index is 14.7. The molecule has 1 saturated heterocycles. The molecule has 1 aromatic carbocycles. The van der Waals surface area contributed by atoms with Crippen LogP contribution >= 0.6 is 11.3 Å². The van der Waals surface area contributed by atoms with Crippen LogP contribution in [0.25, 0.3) is 21.1 Å². The number of alkyl halides is 1. The summed E-state index contributed by atoms with van der Waals surface area (Å²) in [7, 11) is -3.00. The van der Waals surface area contributed by atoms with Crippen molar-refractivity contribution in [2.75, 3.05) is 29.5 Å². The Labute approximate surface area is 241 Å². The number of aromatic nitrogens is 2. The summed E-state index contributed by atoms with van der Waals surface area (Å²) in [6.07, 6.45) is 1.96. The van der Waals surface area contributed by atoms with Crippen LogP contribution in [0.15, 0.2) is 42.6 Å². The van der Waals surface area contributed by atoms with Crippen molar-refractivity contribution in [3.8, 4) is 27.2 Å². The molecule has 3 aromatic rings. The van der Waals surface area contributed by atoms with Gasteiger partial charge in [0.05, 0.1) is 40.0 Å². The third kappa shape index (κ3) is 5.83. The Morgan fingerprint density at radius 1 is 1.12 bits per heavy atom. The van der Waals surface area contributed by atoms with Crippen LogP contribution in [0.2, 0.25) is 0 Å². The van der Waals surface area contributed by atoms with Gasteiger partial charge < -0.3 is 10.2 Å². The molecule has 1 N–H and O–H groups in total. The molecule has 2 saturated carbocycles. The van der Waals surface area contributed by atoms with Crippen molar-refractivity contribution in [1.82, 2.24) is 15.3 Å². The van der Waals surface area contributed by atoms with E-state index in [1.165, 1.54) is 17.4 Å². The van der Waals surface area contributed by atoms with Crippen molar-refractivity contribution in [3.05, 3.63) is 54.1 Å². The minimum Gasteiger partial charge on any atom is -0.369 e. The zero-order chi connectivity index (χ0) is 28.8. The molecule has 2 aromatic heterocycles. The zero-order valence-corrected chi connectivity index (χ0v) is 23.9. The summed E-state index contributed by atoms with van der Waals surface area (Å²) in [6, 6.07) is 12.8. The molecule has 0 bridgehead atoms. The van der Waals surface area contributed by atoms with Gasteiger partial charge in [0.2, 0.25) is 5.91 Å². The van der Waals surface area contributed by atoms with Crippen LogP contribution in [-0.2, 0) is 14.6 Å². The van der Waals surface area contributed by atoms with Crippen molar-refractivity contribution in [3.63, 3.8) is 0 Å². The number of amides is 1. The van der Waals surface area contributed by atoms with Crippen LogP contribution in [0.5, 0.6) is 0 Å². The number of carbonyl (C=O) groups excluding carboxylic acids is 1. The van der Waals surface area contributed by atoms with Gasteiger partial charge in [-0.25, -0.2) is 22.2 Å². The molecule has 1 amide bonds. The molecule has 214 valence electrons. The summed E-state index contributed by atoms with van der Waals surface area (Å²) in [6.45, 7) is 0.864. The van der Waals surface area contributed by atoms with Crippen LogP contribution in [0.4, 0.5) is 14.5 Å². The van der Waals surface area contributed by atoms with E-state index >= 15 is 0 Å². The molecule has 8 nitrogen and oxygen atoms in total. The highest BCUT2D eigenvalue weighted by molar-refractivity contribution is 7.91. The van der Waals surface area contributed by atoms with Gasteiger partial charge in [0, 0.05) is 30.6 Å². The van der Waals surface area contributed by atoms with E-state index in [1.807, 2.05) is 29.2 Å². The summed E-state index contributed by atoms with van der Waals surface area (Å²) in [5, 5.41) is 12.9. The number of nitrogens with zero attached hydrogens (tertiary/aromatic N) is 4. The monoisotopic (exact) mass is 597 g/mol. The van der Waals surface area contributed by atoms with Crippen LogP contribution in [0.3, 0.4) is 0 Å². The SMILES string of the molecule is N#CC1(NC(=O)C2CC(F)CCC2c2nc(-c3ccc(F)cn3)sc2-c2ccc(N3CCS(=O)(=O)CC3)cc2)CC1. The number of thiazole rings is 1. The molecule has 2 aliphatic carbocycles. The molecule has 3 fully saturated rings. The number of halogens is 2. The number of hydrogen-bond donors (Lipinski definition) is 1. The molecule has 1 aliphatic heterocycles. The second kappa shape index (κ2) is 10.8. The largest absolute Gasteiger partial charge is 0.369 e. The van der Waals surface area contributed by atoms with Gasteiger partial charge in [0.15, 0.2) is 9.84 Å². The average molecular weight is 598 g/mol. The maximum absolute atomic E-state index is 14.7. The number of nitrogens with one attached hydrogen (secondary N) is 1. The van der Waals surface area contributed by atoms with E-state index in [0.29, 0.717) is 55.2 Å².